The minimum absolute atomic E-state index is 0. The molecule has 1 aromatic carbocycles. The minimum atomic E-state index is -0.0632. The normalized spacial score (nSPS) is 13.4. The highest BCUT2D eigenvalue weighted by Gasteiger charge is 2.17. The summed E-state index contributed by atoms with van der Waals surface area (Å²) in [5.41, 5.74) is 3.61. The van der Waals surface area contributed by atoms with E-state index >= 15 is 0 Å². The van der Waals surface area contributed by atoms with Crippen molar-refractivity contribution < 1.29 is 9.53 Å². The summed E-state index contributed by atoms with van der Waals surface area (Å²) in [6.07, 6.45) is 4.64. The number of nitrogens with one attached hydrogen (secondary N) is 1. The number of para-hydroxylation sites is 2. The molecule has 33 heavy (non-hydrogen) atoms. The fraction of sp³-hybridized carbons (Fsp3) is 0.417. The number of hydrogen-bond donors (Lipinski definition) is 1. The number of carbonyl (C=O) groups excluding carboxylic acids is 1. The Morgan fingerprint density at radius 2 is 1.73 bits per heavy atom. The first kappa shape index (κ1) is 24.5. The van der Waals surface area contributed by atoms with Crippen LogP contribution in [0.25, 0.3) is 5.82 Å². The second-order valence-electron chi connectivity index (χ2n) is 8.11. The summed E-state index contributed by atoms with van der Waals surface area (Å²) in [5, 5.41) is 16.4. The summed E-state index contributed by atoms with van der Waals surface area (Å²) in [6, 6.07) is 11.4. The molecule has 3 heterocycles. The molecule has 0 bridgehead atoms. The van der Waals surface area contributed by atoms with E-state index < -0.39 is 0 Å². The molecule has 1 aliphatic rings. The summed E-state index contributed by atoms with van der Waals surface area (Å²) in [7, 11) is 1.59. The first-order chi connectivity index (χ1) is 15.6. The van der Waals surface area contributed by atoms with Gasteiger partial charge in [0.25, 0.3) is 0 Å². The van der Waals surface area contributed by atoms with Gasteiger partial charge in [-0.2, -0.15) is 5.10 Å². The van der Waals surface area contributed by atoms with Crippen molar-refractivity contribution in [1.29, 1.82) is 0 Å². The molecule has 1 fully saturated rings. The number of nitrogens with zero attached hydrogens (tertiary/aromatic N) is 5. The van der Waals surface area contributed by atoms with E-state index in [1.807, 2.05) is 54.9 Å². The van der Waals surface area contributed by atoms with Gasteiger partial charge in [0.15, 0.2) is 11.6 Å². The van der Waals surface area contributed by atoms with E-state index in [-0.39, 0.29) is 18.3 Å². The molecule has 1 saturated heterocycles. The van der Waals surface area contributed by atoms with Crippen LogP contribution in [0, 0.1) is 13.8 Å². The lowest BCUT2D eigenvalue weighted by atomic mass is 10.1. The Labute approximate surface area is 200 Å². The van der Waals surface area contributed by atoms with Gasteiger partial charge in [-0.1, -0.05) is 12.1 Å². The van der Waals surface area contributed by atoms with E-state index in [1.165, 1.54) is 19.3 Å². The third-order valence-electron chi connectivity index (χ3n) is 5.96. The van der Waals surface area contributed by atoms with Gasteiger partial charge in [0.1, 0.15) is 5.75 Å². The Bertz CT molecular complexity index is 1080. The molecule has 176 valence electrons. The molecule has 8 nitrogen and oxygen atoms in total. The van der Waals surface area contributed by atoms with Gasteiger partial charge >= 0.3 is 0 Å². The van der Waals surface area contributed by atoms with Crippen molar-refractivity contribution in [3.8, 4) is 11.6 Å². The van der Waals surface area contributed by atoms with Crippen molar-refractivity contribution in [2.75, 3.05) is 30.4 Å². The highest BCUT2D eigenvalue weighted by Crippen LogP contribution is 2.24. The van der Waals surface area contributed by atoms with Crippen molar-refractivity contribution in [1.82, 2.24) is 20.0 Å². The number of hydrogen-bond acceptors (Lipinski definition) is 6. The number of halogens is 1. The van der Waals surface area contributed by atoms with Crippen LogP contribution < -0.4 is 15.0 Å². The average Bonchev–Trinajstić information content (AvgIpc) is 3.12. The molecule has 0 unspecified atom stereocenters. The highest BCUT2D eigenvalue weighted by molar-refractivity contribution is 5.92. The van der Waals surface area contributed by atoms with E-state index in [1.54, 1.807) is 7.11 Å². The van der Waals surface area contributed by atoms with Gasteiger partial charge in [-0.25, -0.2) is 4.68 Å². The van der Waals surface area contributed by atoms with Gasteiger partial charge in [-0.3, -0.25) is 4.79 Å². The van der Waals surface area contributed by atoms with Crippen LogP contribution in [0.3, 0.4) is 0 Å². The predicted molar refractivity (Wildman–Crippen MR) is 132 cm³/mol. The van der Waals surface area contributed by atoms with Gasteiger partial charge in [0.05, 0.1) is 18.5 Å². The molecule has 1 aliphatic heterocycles. The number of piperidine rings is 1. The summed E-state index contributed by atoms with van der Waals surface area (Å²) in [5.74, 6) is 2.19. The van der Waals surface area contributed by atoms with E-state index in [2.05, 4.69) is 25.5 Å². The second kappa shape index (κ2) is 11.1. The van der Waals surface area contributed by atoms with Crippen molar-refractivity contribution in [3.63, 3.8) is 0 Å². The average molecular weight is 471 g/mol. The molecular formula is C24H31ClN6O2. The zero-order chi connectivity index (χ0) is 22.5. The topological polar surface area (TPSA) is 85.2 Å². The number of anilines is 2. The Morgan fingerprint density at radius 3 is 2.42 bits per heavy atom. The van der Waals surface area contributed by atoms with Gasteiger partial charge in [-0.15, -0.1) is 22.6 Å². The van der Waals surface area contributed by atoms with Crippen LogP contribution in [-0.2, 0) is 11.2 Å². The number of carbonyl (C=O) groups is 1. The standard InChI is InChI=1S/C24H30N6O2.ClH/c1-17-19(11-14-24(31)25-20-9-5-6-10-21(20)32-3)18(2)30(28-17)23-13-12-22(26-27-23)29-15-7-4-8-16-29;/h5-6,9-10,12-13H,4,7-8,11,14-16H2,1-3H3,(H,25,31);1H. The van der Waals surface area contributed by atoms with Crippen LogP contribution in [-0.4, -0.2) is 46.1 Å². The number of aryl methyl sites for hydroxylation is 1. The molecular weight excluding hydrogens is 440 g/mol. The molecule has 1 N–H and O–H groups in total. The largest absolute Gasteiger partial charge is 0.495 e. The molecule has 0 aliphatic carbocycles. The number of ether oxygens (including phenoxy) is 1. The molecule has 4 rings (SSSR count). The zero-order valence-corrected chi connectivity index (χ0v) is 20.2. The third kappa shape index (κ3) is 5.63. The molecule has 0 radical (unpaired) electrons. The Morgan fingerprint density at radius 1 is 1.03 bits per heavy atom. The van der Waals surface area contributed by atoms with Crippen molar-refractivity contribution in [2.24, 2.45) is 0 Å². The van der Waals surface area contributed by atoms with Crippen LogP contribution in [0.15, 0.2) is 36.4 Å². The van der Waals surface area contributed by atoms with Crippen molar-refractivity contribution >= 4 is 29.8 Å². The van der Waals surface area contributed by atoms with E-state index in [0.29, 0.717) is 30.1 Å². The molecule has 0 spiro atoms. The lowest BCUT2D eigenvalue weighted by molar-refractivity contribution is -0.116. The summed E-state index contributed by atoms with van der Waals surface area (Å²) in [6.45, 7) is 6.05. The Balaban J connectivity index is 0.00000306. The Kier molecular flexibility index (Phi) is 8.27. The molecule has 2 aromatic heterocycles. The van der Waals surface area contributed by atoms with Crippen LogP contribution in [0.5, 0.6) is 5.75 Å². The predicted octanol–water partition coefficient (Wildman–Crippen LogP) is 4.27. The number of benzene rings is 1. The SMILES string of the molecule is COc1ccccc1NC(=O)CCc1c(C)nn(-c2ccc(N3CCCCC3)nn2)c1C.Cl. The smallest absolute Gasteiger partial charge is 0.224 e. The number of aromatic nitrogens is 4. The van der Waals surface area contributed by atoms with E-state index in [4.69, 9.17) is 4.74 Å². The van der Waals surface area contributed by atoms with Gasteiger partial charge in [-0.05, 0) is 69.4 Å². The fourth-order valence-electron chi connectivity index (χ4n) is 4.18. The maximum Gasteiger partial charge on any atom is 0.224 e. The Hall–Kier alpha value is -3.13. The van der Waals surface area contributed by atoms with Crippen molar-refractivity contribution in [3.05, 3.63) is 53.3 Å². The molecule has 0 atom stereocenters. The first-order valence-corrected chi connectivity index (χ1v) is 11.1. The number of amides is 1. The quantitative estimate of drug-likeness (QED) is 0.555. The van der Waals surface area contributed by atoms with Crippen LogP contribution in [0.4, 0.5) is 11.5 Å². The lowest BCUT2D eigenvalue weighted by Crippen LogP contribution is -2.30. The monoisotopic (exact) mass is 470 g/mol. The maximum atomic E-state index is 12.5. The maximum absolute atomic E-state index is 12.5. The summed E-state index contributed by atoms with van der Waals surface area (Å²) < 4.78 is 7.12. The fourth-order valence-corrected chi connectivity index (χ4v) is 4.18. The van der Waals surface area contributed by atoms with Gasteiger partial charge in [0.2, 0.25) is 5.91 Å². The van der Waals surface area contributed by atoms with E-state index in [9.17, 15) is 4.79 Å². The molecule has 0 saturated carbocycles. The van der Waals surface area contributed by atoms with Crippen molar-refractivity contribution in [2.45, 2.75) is 46.0 Å². The molecule has 1 amide bonds. The number of rotatable bonds is 7. The molecule has 9 heteroatoms. The molecule has 3 aromatic rings. The third-order valence-corrected chi connectivity index (χ3v) is 5.96. The van der Waals surface area contributed by atoms with Gasteiger partial charge < -0.3 is 15.0 Å². The van der Waals surface area contributed by atoms with Crippen LogP contribution in [0.2, 0.25) is 0 Å². The summed E-state index contributed by atoms with van der Waals surface area (Å²) in [4.78, 5) is 14.8. The summed E-state index contributed by atoms with van der Waals surface area (Å²) >= 11 is 0. The van der Waals surface area contributed by atoms with Crippen LogP contribution in [0.1, 0.15) is 42.6 Å². The minimum Gasteiger partial charge on any atom is -0.495 e. The van der Waals surface area contributed by atoms with E-state index in [0.717, 1.165) is 35.9 Å². The van der Waals surface area contributed by atoms with Crippen LogP contribution >= 0.6 is 12.4 Å². The lowest BCUT2D eigenvalue weighted by Gasteiger charge is -2.27. The van der Waals surface area contributed by atoms with Gasteiger partial charge in [0, 0.05) is 25.2 Å². The highest BCUT2D eigenvalue weighted by atomic mass is 35.5. The second-order valence-corrected chi connectivity index (χ2v) is 8.11. The number of methoxy groups -OCH3 is 1. The zero-order valence-electron chi connectivity index (χ0n) is 19.4. The first-order valence-electron chi connectivity index (χ1n) is 11.1.